The third kappa shape index (κ3) is 6.98. The van der Waals surface area contributed by atoms with Crippen LogP contribution in [-0.2, 0) is 27.3 Å². The van der Waals surface area contributed by atoms with E-state index in [4.69, 9.17) is 9.47 Å². The van der Waals surface area contributed by atoms with Crippen molar-refractivity contribution in [2.75, 3.05) is 7.11 Å². The Morgan fingerprint density at radius 3 is 2.15 bits per heavy atom. The van der Waals surface area contributed by atoms with Gasteiger partial charge in [0.25, 0.3) is 0 Å². The van der Waals surface area contributed by atoms with E-state index in [9.17, 15) is 9.59 Å². The van der Waals surface area contributed by atoms with Crippen molar-refractivity contribution in [1.29, 1.82) is 0 Å². The lowest BCUT2D eigenvalue weighted by Gasteiger charge is -2.18. The fourth-order valence-electron chi connectivity index (χ4n) is 2.65. The molecule has 2 aromatic carbocycles. The monoisotopic (exact) mass is 367 g/mol. The van der Waals surface area contributed by atoms with Crippen molar-refractivity contribution >= 4 is 12.1 Å². The first-order chi connectivity index (χ1) is 13.1. The van der Waals surface area contributed by atoms with Crippen molar-refractivity contribution < 1.29 is 19.1 Å². The molecule has 5 heteroatoms. The summed E-state index contributed by atoms with van der Waals surface area (Å²) in [5.74, 6) is -0.501. The molecular weight excluding hydrogens is 342 g/mol. The van der Waals surface area contributed by atoms with Crippen LogP contribution in [-0.4, -0.2) is 25.2 Å². The first kappa shape index (κ1) is 20.2. The molecule has 0 radical (unpaired) electrons. The van der Waals surface area contributed by atoms with Gasteiger partial charge in [-0.25, -0.2) is 9.59 Å². The van der Waals surface area contributed by atoms with Gasteiger partial charge in [0.1, 0.15) is 12.6 Å². The number of carbonyl (C=O) groups excluding carboxylic acids is 2. The zero-order valence-electron chi connectivity index (χ0n) is 15.7. The Kier molecular flexibility index (Phi) is 8.10. The minimum Gasteiger partial charge on any atom is -0.467 e. The predicted molar refractivity (Wildman–Crippen MR) is 104 cm³/mol. The van der Waals surface area contributed by atoms with Gasteiger partial charge in [-0.1, -0.05) is 72.3 Å². The smallest absolute Gasteiger partial charge is 0.408 e. The van der Waals surface area contributed by atoms with Gasteiger partial charge >= 0.3 is 12.1 Å². The number of carbonyl (C=O) groups is 2. The Morgan fingerprint density at radius 2 is 1.59 bits per heavy atom. The third-order valence-electron chi connectivity index (χ3n) is 4.14. The van der Waals surface area contributed by atoms with Crippen molar-refractivity contribution in [3.63, 3.8) is 0 Å². The topological polar surface area (TPSA) is 64.6 Å². The van der Waals surface area contributed by atoms with Crippen molar-refractivity contribution in [1.82, 2.24) is 5.32 Å². The van der Waals surface area contributed by atoms with Crippen LogP contribution in [0.1, 0.15) is 24.5 Å². The molecule has 142 valence electrons. The normalized spacial score (nSPS) is 12.1. The Bertz CT molecular complexity index is 756. The van der Waals surface area contributed by atoms with Gasteiger partial charge in [0.05, 0.1) is 7.11 Å². The number of amides is 1. The second-order valence-electron chi connectivity index (χ2n) is 6.10. The minimum atomic E-state index is -0.798. The summed E-state index contributed by atoms with van der Waals surface area (Å²) in [4.78, 5) is 24.2. The summed E-state index contributed by atoms with van der Waals surface area (Å²) in [6.45, 7) is 2.06. The Morgan fingerprint density at radius 1 is 1.00 bits per heavy atom. The molecule has 2 aromatic rings. The highest BCUT2D eigenvalue weighted by Gasteiger charge is 2.23. The molecule has 1 atom stereocenters. The summed E-state index contributed by atoms with van der Waals surface area (Å²) in [6, 6.07) is 18.5. The zero-order chi connectivity index (χ0) is 19.5. The molecule has 27 heavy (non-hydrogen) atoms. The molecule has 0 bridgehead atoms. The fourth-order valence-corrected chi connectivity index (χ4v) is 2.65. The number of methoxy groups -OCH3 is 1. The largest absolute Gasteiger partial charge is 0.467 e. The molecule has 0 aliphatic heterocycles. The van der Waals surface area contributed by atoms with E-state index in [-0.39, 0.29) is 6.61 Å². The maximum Gasteiger partial charge on any atom is 0.408 e. The minimum absolute atomic E-state index is 0.140. The Hall–Kier alpha value is -3.08. The molecule has 0 aliphatic carbocycles. The SMILES string of the molecule is C/C=C(\Cc1ccccc1)CC(NC(=O)OCc1ccccc1)C(=O)OC. The van der Waals surface area contributed by atoms with Crippen molar-refractivity contribution in [2.24, 2.45) is 0 Å². The number of rotatable bonds is 8. The number of hydrogen-bond acceptors (Lipinski definition) is 4. The van der Waals surface area contributed by atoms with Gasteiger partial charge in [0, 0.05) is 0 Å². The highest BCUT2D eigenvalue weighted by atomic mass is 16.6. The van der Waals surface area contributed by atoms with Crippen LogP contribution in [0.25, 0.3) is 0 Å². The third-order valence-corrected chi connectivity index (χ3v) is 4.14. The van der Waals surface area contributed by atoms with Crippen molar-refractivity contribution in [3.05, 3.63) is 83.4 Å². The van der Waals surface area contributed by atoms with Gasteiger partial charge in [-0.15, -0.1) is 0 Å². The number of nitrogens with one attached hydrogen (secondary N) is 1. The highest BCUT2D eigenvalue weighted by Crippen LogP contribution is 2.14. The van der Waals surface area contributed by atoms with E-state index in [1.54, 1.807) is 0 Å². The lowest BCUT2D eigenvalue weighted by atomic mass is 9.98. The van der Waals surface area contributed by atoms with Crippen LogP contribution in [0.3, 0.4) is 0 Å². The maximum atomic E-state index is 12.1. The summed E-state index contributed by atoms with van der Waals surface area (Å²) in [6.07, 6.45) is 2.37. The summed E-state index contributed by atoms with van der Waals surface area (Å²) >= 11 is 0. The number of benzene rings is 2. The molecule has 2 rings (SSSR count). The van der Waals surface area contributed by atoms with E-state index in [2.05, 4.69) is 5.32 Å². The van der Waals surface area contributed by atoms with E-state index in [0.29, 0.717) is 12.8 Å². The molecular formula is C22H25NO4. The number of alkyl carbamates (subject to hydrolysis) is 1. The average molecular weight is 367 g/mol. The number of esters is 1. The quantitative estimate of drug-likeness (QED) is 0.565. The molecule has 0 spiro atoms. The second-order valence-corrected chi connectivity index (χ2v) is 6.10. The Balaban J connectivity index is 1.95. The van der Waals surface area contributed by atoms with Crippen LogP contribution in [0.2, 0.25) is 0 Å². The Labute approximate surface area is 160 Å². The molecule has 0 aliphatic rings. The summed E-state index contributed by atoms with van der Waals surface area (Å²) in [5.41, 5.74) is 3.04. The fraction of sp³-hybridized carbons (Fsp3) is 0.273. The van der Waals surface area contributed by atoms with Crippen LogP contribution < -0.4 is 5.32 Å². The molecule has 5 nitrogen and oxygen atoms in total. The van der Waals surface area contributed by atoms with E-state index >= 15 is 0 Å². The maximum absolute atomic E-state index is 12.1. The van der Waals surface area contributed by atoms with Gasteiger partial charge in [-0.05, 0) is 30.9 Å². The lowest BCUT2D eigenvalue weighted by Crippen LogP contribution is -2.42. The van der Waals surface area contributed by atoms with Gasteiger partial charge in [0.2, 0.25) is 0 Å². The molecule has 0 heterocycles. The van der Waals surface area contributed by atoms with E-state index in [1.165, 1.54) is 7.11 Å². The van der Waals surface area contributed by atoms with Gasteiger partial charge in [-0.3, -0.25) is 0 Å². The van der Waals surface area contributed by atoms with Crippen LogP contribution in [0.15, 0.2) is 72.3 Å². The summed E-state index contributed by atoms with van der Waals surface area (Å²) < 4.78 is 10.0. The zero-order valence-corrected chi connectivity index (χ0v) is 15.7. The lowest BCUT2D eigenvalue weighted by molar-refractivity contribution is -0.143. The van der Waals surface area contributed by atoms with E-state index in [0.717, 1.165) is 16.7 Å². The van der Waals surface area contributed by atoms with Crippen molar-refractivity contribution in [2.45, 2.75) is 32.4 Å². The second kappa shape index (κ2) is 10.8. The molecule has 0 aromatic heterocycles. The van der Waals surface area contributed by atoms with E-state index < -0.39 is 18.1 Å². The average Bonchev–Trinajstić information content (AvgIpc) is 2.72. The number of hydrogen-bond donors (Lipinski definition) is 1. The molecule has 0 fully saturated rings. The van der Waals surface area contributed by atoms with E-state index in [1.807, 2.05) is 73.7 Å². The van der Waals surface area contributed by atoms with Crippen LogP contribution in [0.5, 0.6) is 0 Å². The van der Waals surface area contributed by atoms with Crippen LogP contribution in [0.4, 0.5) is 4.79 Å². The predicted octanol–water partition coefficient (Wildman–Crippen LogP) is 4.03. The number of ether oxygens (including phenoxy) is 2. The molecule has 0 saturated heterocycles. The number of allylic oxidation sites excluding steroid dienone is 1. The molecule has 1 unspecified atom stereocenters. The van der Waals surface area contributed by atoms with Gasteiger partial charge in [-0.2, -0.15) is 0 Å². The standard InChI is InChI=1S/C22H25NO4/c1-3-17(14-18-10-6-4-7-11-18)15-20(21(24)26-2)23-22(25)27-16-19-12-8-5-9-13-19/h3-13,20H,14-16H2,1-2H3,(H,23,25)/b17-3+. The van der Waals surface area contributed by atoms with Crippen molar-refractivity contribution in [3.8, 4) is 0 Å². The van der Waals surface area contributed by atoms with Gasteiger partial charge < -0.3 is 14.8 Å². The summed E-state index contributed by atoms with van der Waals surface area (Å²) in [5, 5.41) is 2.61. The molecule has 1 N–H and O–H groups in total. The molecule has 0 saturated carbocycles. The van der Waals surface area contributed by atoms with Crippen LogP contribution in [0, 0.1) is 0 Å². The first-order valence-electron chi connectivity index (χ1n) is 8.85. The summed E-state index contributed by atoms with van der Waals surface area (Å²) in [7, 11) is 1.30. The first-order valence-corrected chi connectivity index (χ1v) is 8.85. The highest BCUT2D eigenvalue weighted by molar-refractivity contribution is 5.81. The van der Waals surface area contributed by atoms with Crippen LogP contribution >= 0.6 is 0 Å². The van der Waals surface area contributed by atoms with Gasteiger partial charge in [0.15, 0.2) is 0 Å². The molecule has 1 amide bonds.